The average molecular weight is 324 g/mol. The van der Waals surface area contributed by atoms with E-state index in [2.05, 4.69) is 10.2 Å². The average Bonchev–Trinajstić information content (AvgIpc) is 3.34. The van der Waals surface area contributed by atoms with Gasteiger partial charge in [-0.25, -0.2) is 0 Å². The Bertz CT molecular complexity index is 536. The standard InChI is InChI=1S/C15H18ClN3OS/c16-12-3-5-13(6-4-12)17-15(21)19-9-7-18(8-10-19)14(20)11-1-2-11/h3-6,11H,1-2,7-10H2,(H,17,21). The third-order valence-corrected chi connectivity index (χ3v) is 4.51. The Morgan fingerprint density at radius 2 is 1.67 bits per heavy atom. The molecular weight excluding hydrogens is 306 g/mol. The van der Waals surface area contributed by atoms with Gasteiger partial charge in [-0.2, -0.15) is 0 Å². The molecule has 4 nitrogen and oxygen atoms in total. The highest BCUT2D eigenvalue weighted by Gasteiger charge is 2.34. The van der Waals surface area contributed by atoms with Gasteiger partial charge < -0.3 is 15.1 Å². The highest BCUT2D eigenvalue weighted by molar-refractivity contribution is 7.80. The number of benzene rings is 1. The van der Waals surface area contributed by atoms with E-state index < -0.39 is 0 Å². The fraction of sp³-hybridized carbons (Fsp3) is 0.467. The van der Waals surface area contributed by atoms with Gasteiger partial charge in [-0.3, -0.25) is 4.79 Å². The summed E-state index contributed by atoms with van der Waals surface area (Å²) in [6.07, 6.45) is 2.13. The molecule has 1 heterocycles. The molecule has 0 aromatic heterocycles. The molecule has 2 fully saturated rings. The van der Waals surface area contributed by atoms with Crippen LogP contribution in [0.15, 0.2) is 24.3 Å². The van der Waals surface area contributed by atoms with E-state index in [1.807, 2.05) is 29.2 Å². The largest absolute Gasteiger partial charge is 0.345 e. The van der Waals surface area contributed by atoms with Crippen molar-refractivity contribution in [2.45, 2.75) is 12.8 Å². The van der Waals surface area contributed by atoms with E-state index >= 15 is 0 Å². The minimum absolute atomic E-state index is 0.302. The van der Waals surface area contributed by atoms with Crippen LogP contribution in [0.3, 0.4) is 0 Å². The van der Waals surface area contributed by atoms with Crippen LogP contribution in [-0.4, -0.2) is 47.0 Å². The van der Waals surface area contributed by atoms with Crippen molar-refractivity contribution < 1.29 is 4.79 Å². The number of hydrogen-bond donors (Lipinski definition) is 1. The molecule has 1 aliphatic carbocycles. The Hall–Kier alpha value is -1.33. The number of amides is 1. The van der Waals surface area contributed by atoms with E-state index in [4.69, 9.17) is 23.8 Å². The number of nitrogens with one attached hydrogen (secondary N) is 1. The maximum absolute atomic E-state index is 12.0. The quantitative estimate of drug-likeness (QED) is 0.849. The maximum Gasteiger partial charge on any atom is 0.225 e. The second-order valence-electron chi connectivity index (χ2n) is 5.52. The number of anilines is 1. The van der Waals surface area contributed by atoms with Gasteiger partial charge in [0.2, 0.25) is 5.91 Å². The van der Waals surface area contributed by atoms with Crippen molar-refractivity contribution >= 4 is 40.5 Å². The number of hydrogen-bond acceptors (Lipinski definition) is 2. The van der Waals surface area contributed by atoms with Crippen LogP contribution in [0.1, 0.15) is 12.8 Å². The summed E-state index contributed by atoms with van der Waals surface area (Å²) >= 11 is 11.3. The van der Waals surface area contributed by atoms with Crippen molar-refractivity contribution in [1.82, 2.24) is 9.80 Å². The summed E-state index contributed by atoms with van der Waals surface area (Å²) in [6, 6.07) is 7.47. The van der Waals surface area contributed by atoms with Gasteiger partial charge in [-0.1, -0.05) is 11.6 Å². The van der Waals surface area contributed by atoms with Crippen molar-refractivity contribution in [3.8, 4) is 0 Å². The molecule has 1 aliphatic heterocycles. The summed E-state index contributed by atoms with van der Waals surface area (Å²) in [4.78, 5) is 16.1. The lowest BCUT2D eigenvalue weighted by molar-refractivity contribution is -0.133. The van der Waals surface area contributed by atoms with E-state index in [9.17, 15) is 4.79 Å². The Kier molecular flexibility index (Phi) is 4.31. The summed E-state index contributed by atoms with van der Waals surface area (Å²) in [6.45, 7) is 3.10. The van der Waals surface area contributed by atoms with Crippen LogP contribution < -0.4 is 5.32 Å². The molecule has 1 saturated carbocycles. The van der Waals surface area contributed by atoms with E-state index in [0.29, 0.717) is 22.0 Å². The van der Waals surface area contributed by atoms with Crippen molar-refractivity contribution in [1.29, 1.82) is 0 Å². The second kappa shape index (κ2) is 6.20. The van der Waals surface area contributed by atoms with Crippen LogP contribution >= 0.6 is 23.8 Å². The summed E-state index contributed by atoms with van der Waals surface area (Å²) in [5, 5.41) is 4.62. The normalized spacial score (nSPS) is 18.5. The zero-order chi connectivity index (χ0) is 14.8. The smallest absolute Gasteiger partial charge is 0.225 e. The Morgan fingerprint density at radius 3 is 2.24 bits per heavy atom. The van der Waals surface area contributed by atoms with Crippen LogP contribution in [0, 0.1) is 5.92 Å². The first kappa shape index (κ1) is 14.6. The highest BCUT2D eigenvalue weighted by Crippen LogP contribution is 2.31. The van der Waals surface area contributed by atoms with Crippen LogP contribution in [0.4, 0.5) is 5.69 Å². The van der Waals surface area contributed by atoms with Gasteiger partial charge >= 0.3 is 0 Å². The monoisotopic (exact) mass is 323 g/mol. The molecule has 1 amide bonds. The zero-order valence-corrected chi connectivity index (χ0v) is 13.3. The van der Waals surface area contributed by atoms with E-state index in [-0.39, 0.29) is 0 Å². The molecule has 0 spiro atoms. The number of halogens is 1. The topological polar surface area (TPSA) is 35.6 Å². The van der Waals surface area contributed by atoms with Gasteiger partial charge in [-0.15, -0.1) is 0 Å². The lowest BCUT2D eigenvalue weighted by Gasteiger charge is -2.36. The first-order chi connectivity index (χ1) is 10.1. The molecule has 0 radical (unpaired) electrons. The number of carbonyl (C=O) groups is 1. The zero-order valence-electron chi connectivity index (χ0n) is 11.7. The Morgan fingerprint density at radius 1 is 1.10 bits per heavy atom. The molecule has 21 heavy (non-hydrogen) atoms. The summed E-state index contributed by atoms with van der Waals surface area (Å²) in [5.41, 5.74) is 0.931. The van der Waals surface area contributed by atoms with Gasteiger partial charge in [-0.05, 0) is 49.3 Å². The summed E-state index contributed by atoms with van der Waals surface area (Å²) in [5.74, 6) is 0.627. The van der Waals surface area contributed by atoms with Gasteiger partial charge in [0.25, 0.3) is 0 Å². The third kappa shape index (κ3) is 3.66. The number of piperazine rings is 1. The maximum atomic E-state index is 12.0. The first-order valence-electron chi connectivity index (χ1n) is 7.24. The lowest BCUT2D eigenvalue weighted by Crippen LogP contribution is -2.52. The molecule has 1 N–H and O–H groups in total. The van der Waals surface area contributed by atoms with Crippen molar-refractivity contribution in [3.63, 3.8) is 0 Å². The SMILES string of the molecule is O=C(C1CC1)N1CCN(C(=S)Nc2ccc(Cl)cc2)CC1. The summed E-state index contributed by atoms with van der Waals surface area (Å²) in [7, 11) is 0. The van der Waals surface area contributed by atoms with Crippen molar-refractivity contribution in [2.24, 2.45) is 5.92 Å². The Balaban J connectivity index is 1.50. The second-order valence-corrected chi connectivity index (χ2v) is 6.35. The molecule has 2 aliphatic rings. The van der Waals surface area contributed by atoms with Gasteiger partial charge in [0.05, 0.1) is 0 Å². The van der Waals surface area contributed by atoms with Crippen LogP contribution in [-0.2, 0) is 4.79 Å². The van der Waals surface area contributed by atoms with Crippen LogP contribution in [0.25, 0.3) is 0 Å². The van der Waals surface area contributed by atoms with Crippen molar-refractivity contribution in [2.75, 3.05) is 31.5 Å². The number of rotatable bonds is 2. The molecule has 6 heteroatoms. The number of thiocarbonyl (C=S) groups is 1. The molecule has 1 saturated heterocycles. The van der Waals surface area contributed by atoms with Gasteiger partial charge in [0.15, 0.2) is 5.11 Å². The summed E-state index contributed by atoms with van der Waals surface area (Å²) < 4.78 is 0. The minimum atomic E-state index is 0.302. The first-order valence-corrected chi connectivity index (χ1v) is 8.02. The highest BCUT2D eigenvalue weighted by atomic mass is 35.5. The van der Waals surface area contributed by atoms with Crippen molar-refractivity contribution in [3.05, 3.63) is 29.3 Å². The Labute approximate surface area is 135 Å². The number of carbonyl (C=O) groups excluding carboxylic acids is 1. The third-order valence-electron chi connectivity index (χ3n) is 3.90. The predicted octanol–water partition coefficient (Wildman–Crippen LogP) is 2.59. The van der Waals surface area contributed by atoms with Crippen LogP contribution in [0.5, 0.6) is 0 Å². The minimum Gasteiger partial charge on any atom is -0.345 e. The molecule has 0 atom stereocenters. The molecule has 112 valence electrons. The van der Waals surface area contributed by atoms with E-state index in [0.717, 1.165) is 44.7 Å². The fourth-order valence-corrected chi connectivity index (χ4v) is 2.88. The fourth-order valence-electron chi connectivity index (χ4n) is 2.45. The molecule has 3 rings (SSSR count). The van der Waals surface area contributed by atoms with Gasteiger partial charge in [0, 0.05) is 42.8 Å². The molecule has 0 unspecified atom stereocenters. The number of nitrogens with zero attached hydrogens (tertiary/aromatic N) is 2. The van der Waals surface area contributed by atoms with Crippen LogP contribution in [0.2, 0.25) is 5.02 Å². The molecule has 1 aromatic carbocycles. The predicted molar refractivity (Wildman–Crippen MR) is 88.5 cm³/mol. The molecule has 0 bridgehead atoms. The lowest BCUT2D eigenvalue weighted by atomic mass is 10.2. The molecular formula is C15H18ClN3OS. The van der Waals surface area contributed by atoms with E-state index in [1.165, 1.54) is 0 Å². The molecule has 1 aromatic rings. The van der Waals surface area contributed by atoms with Gasteiger partial charge in [0.1, 0.15) is 0 Å². The van der Waals surface area contributed by atoms with E-state index in [1.54, 1.807) is 0 Å².